The lowest BCUT2D eigenvalue weighted by Crippen LogP contribution is -2.20. The highest BCUT2D eigenvalue weighted by atomic mass is 32.1. The Morgan fingerprint density at radius 3 is 2.82 bits per heavy atom. The largest absolute Gasteiger partial charge is 0.489 e. The Morgan fingerprint density at radius 1 is 1.36 bits per heavy atom. The number of ether oxygens (including phenoxy) is 2. The quantitative estimate of drug-likeness (QED) is 0.694. The number of nitriles is 1. The Kier molecular flexibility index (Phi) is 4.53. The first-order valence-electron chi connectivity index (χ1n) is 8.58. The molecular formula is C20H17FN4O2S. The van der Waals surface area contributed by atoms with Crippen LogP contribution in [0.4, 0.5) is 4.39 Å². The van der Waals surface area contributed by atoms with Crippen molar-refractivity contribution in [2.75, 3.05) is 0 Å². The Labute approximate surface area is 165 Å². The highest BCUT2D eigenvalue weighted by Crippen LogP contribution is 2.45. The van der Waals surface area contributed by atoms with Crippen molar-refractivity contribution in [2.45, 2.75) is 26.4 Å². The number of allylic oxidation sites excluding steroid dienone is 1. The SMILES string of the molecule is Cc1[nH]nc2c1[C@H](c1cc(COc3ccc(F)cc3)c(C)s1)C(C#N)=C(N)O2. The molecule has 6 nitrogen and oxygen atoms in total. The molecule has 3 N–H and O–H groups in total. The zero-order chi connectivity index (χ0) is 19.8. The van der Waals surface area contributed by atoms with E-state index in [1.54, 1.807) is 23.5 Å². The van der Waals surface area contributed by atoms with Crippen LogP contribution in [-0.4, -0.2) is 10.2 Å². The van der Waals surface area contributed by atoms with E-state index in [2.05, 4.69) is 16.3 Å². The molecule has 0 spiro atoms. The van der Waals surface area contributed by atoms with E-state index in [1.807, 2.05) is 19.9 Å². The van der Waals surface area contributed by atoms with Crippen molar-refractivity contribution in [3.05, 3.63) is 74.2 Å². The van der Waals surface area contributed by atoms with Gasteiger partial charge in [0.1, 0.15) is 29.8 Å². The Hall–Kier alpha value is -3.31. The van der Waals surface area contributed by atoms with Crippen LogP contribution in [0.3, 0.4) is 0 Å². The number of aromatic nitrogens is 2. The van der Waals surface area contributed by atoms with Crippen LogP contribution < -0.4 is 15.2 Å². The molecule has 0 saturated carbocycles. The Balaban J connectivity index is 1.66. The molecule has 2 aromatic heterocycles. The average Bonchev–Trinajstić information content (AvgIpc) is 3.23. The molecule has 1 aromatic carbocycles. The summed E-state index contributed by atoms with van der Waals surface area (Å²) in [5.74, 6) is 0.418. The maximum Gasteiger partial charge on any atom is 0.244 e. The van der Waals surface area contributed by atoms with Crippen LogP contribution in [0, 0.1) is 31.0 Å². The van der Waals surface area contributed by atoms with E-state index in [-0.39, 0.29) is 17.6 Å². The van der Waals surface area contributed by atoms with Gasteiger partial charge in [-0.3, -0.25) is 5.10 Å². The second-order valence-corrected chi connectivity index (χ2v) is 7.75. The number of nitrogens with two attached hydrogens (primary N) is 1. The molecule has 1 atom stereocenters. The second-order valence-electron chi connectivity index (χ2n) is 6.47. The molecule has 0 unspecified atom stereocenters. The van der Waals surface area contributed by atoms with Crippen LogP contribution in [0.25, 0.3) is 0 Å². The fraction of sp³-hybridized carbons (Fsp3) is 0.200. The van der Waals surface area contributed by atoms with Gasteiger partial charge in [-0.2, -0.15) is 5.26 Å². The van der Waals surface area contributed by atoms with E-state index in [0.717, 1.165) is 26.6 Å². The van der Waals surface area contributed by atoms with E-state index < -0.39 is 0 Å². The maximum absolute atomic E-state index is 13.0. The van der Waals surface area contributed by atoms with Gasteiger partial charge in [0.25, 0.3) is 0 Å². The second kappa shape index (κ2) is 7.02. The summed E-state index contributed by atoms with van der Waals surface area (Å²) in [6.45, 7) is 4.23. The molecule has 0 amide bonds. The van der Waals surface area contributed by atoms with Crippen molar-refractivity contribution >= 4 is 11.3 Å². The number of hydrogen-bond donors (Lipinski definition) is 2. The van der Waals surface area contributed by atoms with E-state index in [1.165, 1.54) is 12.1 Å². The minimum atomic E-state index is -0.337. The van der Waals surface area contributed by atoms with Crippen molar-refractivity contribution in [1.29, 1.82) is 5.26 Å². The number of benzene rings is 1. The van der Waals surface area contributed by atoms with Gasteiger partial charge in [-0.1, -0.05) is 0 Å². The Bertz CT molecular complexity index is 1110. The third kappa shape index (κ3) is 3.10. The molecule has 3 heterocycles. The van der Waals surface area contributed by atoms with Gasteiger partial charge in [-0.25, -0.2) is 4.39 Å². The monoisotopic (exact) mass is 396 g/mol. The molecule has 28 heavy (non-hydrogen) atoms. The number of fused-ring (bicyclic) bond motifs is 1. The van der Waals surface area contributed by atoms with Gasteiger partial charge < -0.3 is 15.2 Å². The molecule has 3 aromatic rings. The predicted molar refractivity (Wildman–Crippen MR) is 102 cm³/mol. The number of nitrogens with one attached hydrogen (secondary N) is 1. The number of rotatable bonds is 4. The number of aryl methyl sites for hydroxylation is 2. The molecule has 1 aliphatic heterocycles. The van der Waals surface area contributed by atoms with Crippen LogP contribution in [-0.2, 0) is 6.61 Å². The first-order valence-corrected chi connectivity index (χ1v) is 9.39. The van der Waals surface area contributed by atoms with E-state index in [4.69, 9.17) is 15.2 Å². The molecule has 4 rings (SSSR count). The van der Waals surface area contributed by atoms with Crippen LogP contribution in [0.5, 0.6) is 11.6 Å². The minimum Gasteiger partial charge on any atom is -0.489 e. The summed E-state index contributed by atoms with van der Waals surface area (Å²) in [5, 5.41) is 16.7. The molecule has 0 saturated heterocycles. The third-order valence-electron chi connectivity index (χ3n) is 4.66. The number of hydrogen-bond acceptors (Lipinski definition) is 6. The van der Waals surface area contributed by atoms with Gasteiger partial charge >= 0.3 is 0 Å². The molecular weight excluding hydrogens is 379 g/mol. The minimum absolute atomic E-state index is 0.0710. The molecule has 1 aliphatic rings. The van der Waals surface area contributed by atoms with Gasteiger partial charge in [-0.05, 0) is 44.2 Å². The molecule has 0 fully saturated rings. The van der Waals surface area contributed by atoms with Crippen molar-refractivity contribution < 1.29 is 13.9 Å². The smallest absolute Gasteiger partial charge is 0.244 e. The summed E-state index contributed by atoms with van der Waals surface area (Å²) in [4.78, 5) is 2.03. The van der Waals surface area contributed by atoms with Crippen molar-refractivity contribution in [1.82, 2.24) is 10.2 Å². The van der Waals surface area contributed by atoms with Gasteiger partial charge in [0.05, 0.1) is 11.5 Å². The van der Waals surface area contributed by atoms with Crippen LogP contribution >= 0.6 is 11.3 Å². The number of aromatic amines is 1. The summed E-state index contributed by atoms with van der Waals surface area (Å²) in [6.07, 6.45) is 0. The summed E-state index contributed by atoms with van der Waals surface area (Å²) in [6, 6.07) is 10.1. The fourth-order valence-electron chi connectivity index (χ4n) is 3.21. The van der Waals surface area contributed by atoms with E-state index in [9.17, 15) is 9.65 Å². The van der Waals surface area contributed by atoms with Gasteiger partial charge in [-0.15, -0.1) is 16.4 Å². The summed E-state index contributed by atoms with van der Waals surface area (Å²) in [5.41, 5.74) is 8.97. The highest BCUT2D eigenvalue weighted by Gasteiger charge is 2.35. The lowest BCUT2D eigenvalue weighted by molar-refractivity contribution is 0.305. The molecule has 8 heteroatoms. The molecule has 0 bridgehead atoms. The van der Waals surface area contributed by atoms with Crippen LogP contribution in [0.2, 0.25) is 0 Å². The van der Waals surface area contributed by atoms with Gasteiger partial charge in [0, 0.05) is 21.0 Å². The lowest BCUT2D eigenvalue weighted by Gasteiger charge is -2.22. The number of nitrogens with zero attached hydrogens (tertiary/aromatic N) is 2. The van der Waals surface area contributed by atoms with Crippen molar-refractivity contribution in [2.24, 2.45) is 5.73 Å². The van der Waals surface area contributed by atoms with Crippen molar-refractivity contribution in [3.8, 4) is 17.7 Å². The van der Waals surface area contributed by atoms with E-state index >= 15 is 0 Å². The number of halogens is 1. The normalized spacial score (nSPS) is 15.7. The van der Waals surface area contributed by atoms with Crippen molar-refractivity contribution in [3.63, 3.8) is 0 Å². The Morgan fingerprint density at radius 2 is 2.11 bits per heavy atom. The predicted octanol–water partition coefficient (Wildman–Crippen LogP) is 4.02. The van der Waals surface area contributed by atoms with Crippen LogP contribution in [0.15, 0.2) is 41.8 Å². The average molecular weight is 396 g/mol. The fourth-order valence-corrected chi connectivity index (χ4v) is 4.36. The standard InChI is InChI=1S/C20H17FN4O2S/c1-10-17-18(15(8-22)19(23)27-20(17)25-24-10)16-7-12(11(2)28-16)9-26-14-5-3-13(21)4-6-14/h3-7,18H,9,23H2,1-2H3,(H,24,25)/t18-/m0/s1. The van der Waals surface area contributed by atoms with Gasteiger partial charge in [0.15, 0.2) is 0 Å². The first kappa shape index (κ1) is 18.1. The zero-order valence-corrected chi connectivity index (χ0v) is 16.1. The summed E-state index contributed by atoms with van der Waals surface area (Å²) >= 11 is 1.58. The lowest BCUT2D eigenvalue weighted by atomic mass is 9.88. The first-order chi connectivity index (χ1) is 13.5. The van der Waals surface area contributed by atoms with Gasteiger partial charge in [0.2, 0.25) is 11.8 Å². The maximum atomic E-state index is 13.0. The third-order valence-corrected chi connectivity index (χ3v) is 5.82. The number of H-pyrrole nitrogens is 1. The molecule has 0 aliphatic carbocycles. The highest BCUT2D eigenvalue weighted by molar-refractivity contribution is 7.12. The molecule has 0 radical (unpaired) electrons. The molecule has 142 valence electrons. The van der Waals surface area contributed by atoms with Crippen LogP contribution in [0.1, 0.15) is 32.5 Å². The summed E-state index contributed by atoms with van der Waals surface area (Å²) in [7, 11) is 0. The van der Waals surface area contributed by atoms with E-state index in [0.29, 0.717) is 23.8 Å². The zero-order valence-electron chi connectivity index (χ0n) is 15.2. The topological polar surface area (TPSA) is 97.0 Å². The summed E-state index contributed by atoms with van der Waals surface area (Å²) < 4.78 is 24.3. The number of thiophene rings is 1.